The topological polar surface area (TPSA) is 70.1 Å². The number of aryl methyl sites for hydroxylation is 2. The lowest BCUT2D eigenvalue weighted by molar-refractivity contribution is 0.145. The summed E-state index contributed by atoms with van der Waals surface area (Å²) in [5.74, 6) is 0.991. The van der Waals surface area contributed by atoms with Gasteiger partial charge in [-0.05, 0) is 56.9 Å². The van der Waals surface area contributed by atoms with E-state index in [0.717, 1.165) is 16.5 Å². The molecule has 5 nitrogen and oxygen atoms in total. The van der Waals surface area contributed by atoms with Gasteiger partial charge in [0.15, 0.2) is 6.61 Å². The molecule has 0 saturated heterocycles. The second-order valence-corrected chi connectivity index (χ2v) is 7.93. The lowest BCUT2D eigenvalue weighted by Crippen LogP contribution is -2.16. The number of hydrogen-bond acceptors (Lipinski definition) is 4. The van der Waals surface area contributed by atoms with Crippen LogP contribution < -0.4 is 5.73 Å². The number of benzene rings is 1. The van der Waals surface area contributed by atoms with Crippen molar-refractivity contribution >= 4 is 17.9 Å². The van der Waals surface area contributed by atoms with E-state index in [9.17, 15) is 4.79 Å². The van der Waals surface area contributed by atoms with Crippen molar-refractivity contribution in [2.45, 2.75) is 70.0 Å². The van der Waals surface area contributed by atoms with Crippen LogP contribution in [0.15, 0.2) is 28.1 Å². The summed E-state index contributed by atoms with van der Waals surface area (Å²) in [6.07, 6.45) is -0.784. The smallest absolute Gasteiger partial charge is 0.404 e. The number of amides is 1. The number of hydrogen-bond donors (Lipinski definition) is 1. The molecule has 0 fully saturated rings. The van der Waals surface area contributed by atoms with Crippen LogP contribution in [0, 0.1) is 13.8 Å². The van der Waals surface area contributed by atoms with Crippen LogP contribution in [-0.4, -0.2) is 15.6 Å². The third-order valence-corrected chi connectivity index (χ3v) is 4.85. The summed E-state index contributed by atoms with van der Waals surface area (Å²) in [6.45, 7) is 12.7. The number of carbonyl (C=O) groups excluding carboxylic acids is 1. The van der Waals surface area contributed by atoms with Gasteiger partial charge in [0.1, 0.15) is 10.9 Å². The maximum atomic E-state index is 11.0. The highest BCUT2D eigenvalue weighted by Crippen LogP contribution is 2.37. The molecule has 0 bridgehead atoms. The van der Waals surface area contributed by atoms with Gasteiger partial charge in [-0.2, -0.15) is 0 Å². The summed E-state index contributed by atoms with van der Waals surface area (Å²) in [5, 5.41) is 1.10. The van der Waals surface area contributed by atoms with Gasteiger partial charge in [0, 0.05) is 10.9 Å². The van der Waals surface area contributed by atoms with E-state index in [1.807, 2.05) is 0 Å². The third-order valence-electron chi connectivity index (χ3n) is 3.78. The fraction of sp³-hybridized carbons (Fsp3) is 0.474. The van der Waals surface area contributed by atoms with Crippen LogP contribution in [0.25, 0.3) is 0 Å². The molecule has 6 heteroatoms. The predicted molar refractivity (Wildman–Crippen MR) is 101 cm³/mol. The molecular weight excluding hydrogens is 334 g/mol. The van der Waals surface area contributed by atoms with Gasteiger partial charge in [-0.25, -0.2) is 9.78 Å². The van der Waals surface area contributed by atoms with E-state index in [2.05, 4.69) is 64.3 Å². The van der Waals surface area contributed by atoms with Crippen LogP contribution in [-0.2, 0) is 11.3 Å². The Labute approximate surface area is 154 Å². The molecule has 1 aromatic heterocycles. The standard InChI is InChI=1S/C19H27N3O2S/c1-11(2)17-18(25-15-8-13(5)7-14(6)9-15)22(12(3)4)16(21-17)10-24-19(20)23/h7-9,11-12H,10H2,1-6H3,(H2,20,23). The Morgan fingerprint density at radius 1 is 1.20 bits per heavy atom. The van der Waals surface area contributed by atoms with Crippen molar-refractivity contribution in [2.75, 3.05) is 0 Å². The zero-order valence-electron chi connectivity index (χ0n) is 15.8. The number of imidazole rings is 1. The molecule has 0 radical (unpaired) electrons. The first-order valence-corrected chi connectivity index (χ1v) is 9.30. The number of ether oxygens (including phenoxy) is 1. The molecule has 136 valence electrons. The number of primary amides is 1. The van der Waals surface area contributed by atoms with Crippen molar-refractivity contribution in [2.24, 2.45) is 5.73 Å². The van der Waals surface area contributed by atoms with Gasteiger partial charge in [0.2, 0.25) is 0 Å². The van der Waals surface area contributed by atoms with E-state index >= 15 is 0 Å². The molecule has 0 aliphatic carbocycles. The maximum absolute atomic E-state index is 11.0. The van der Waals surface area contributed by atoms with Crippen LogP contribution >= 0.6 is 11.8 Å². The normalized spacial score (nSPS) is 11.4. The van der Waals surface area contributed by atoms with E-state index in [-0.39, 0.29) is 18.6 Å². The largest absolute Gasteiger partial charge is 0.442 e. The molecular formula is C19H27N3O2S. The molecule has 2 rings (SSSR count). The molecule has 0 saturated carbocycles. The van der Waals surface area contributed by atoms with Crippen LogP contribution in [0.2, 0.25) is 0 Å². The average Bonchev–Trinajstić information content (AvgIpc) is 2.82. The first kappa shape index (κ1) is 19.4. The fourth-order valence-electron chi connectivity index (χ4n) is 2.83. The molecule has 1 amide bonds. The van der Waals surface area contributed by atoms with E-state index < -0.39 is 6.09 Å². The molecule has 1 aromatic carbocycles. The number of rotatable bonds is 6. The van der Waals surface area contributed by atoms with Crippen molar-refractivity contribution in [1.82, 2.24) is 9.55 Å². The fourth-order valence-corrected chi connectivity index (χ4v) is 4.35. The SMILES string of the molecule is Cc1cc(C)cc(Sc2c(C(C)C)nc(COC(N)=O)n2C(C)C)c1. The van der Waals surface area contributed by atoms with Crippen molar-refractivity contribution in [3.05, 3.63) is 40.8 Å². The zero-order chi connectivity index (χ0) is 18.7. The van der Waals surface area contributed by atoms with Gasteiger partial charge >= 0.3 is 6.09 Å². The first-order chi connectivity index (χ1) is 11.7. The van der Waals surface area contributed by atoms with Gasteiger partial charge < -0.3 is 15.0 Å². The summed E-state index contributed by atoms with van der Waals surface area (Å²) >= 11 is 1.71. The Hall–Kier alpha value is -1.95. The lowest BCUT2D eigenvalue weighted by Gasteiger charge is -2.17. The first-order valence-electron chi connectivity index (χ1n) is 8.48. The van der Waals surface area contributed by atoms with E-state index in [1.165, 1.54) is 16.0 Å². The van der Waals surface area contributed by atoms with Gasteiger partial charge in [0.25, 0.3) is 0 Å². The van der Waals surface area contributed by atoms with Crippen LogP contribution in [0.3, 0.4) is 0 Å². The Balaban J connectivity index is 2.51. The van der Waals surface area contributed by atoms with Gasteiger partial charge in [-0.3, -0.25) is 0 Å². The number of nitrogens with zero attached hydrogens (tertiary/aromatic N) is 2. The Kier molecular flexibility index (Phi) is 6.16. The highest BCUT2D eigenvalue weighted by Gasteiger charge is 2.22. The summed E-state index contributed by atoms with van der Waals surface area (Å²) in [5.41, 5.74) is 8.61. The van der Waals surface area contributed by atoms with Gasteiger partial charge in [-0.15, -0.1) is 0 Å². The molecule has 25 heavy (non-hydrogen) atoms. The van der Waals surface area contributed by atoms with Crippen molar-refractivity contribution in [1.29, 1.82) is 0 Å². The lowest BCUT2D eigenvalue weighted by atomic mass is 10.1. The second kappa shape index (κ2) is 7.95. The Bertz CT molecular complexity index is 746. The molecule has 1 heterocycles. The van der Waals surface area contributed by atoms with Crippen molar-refractivity contribution in [3.63, 3.8) is 0 Å². The summed E-state index contributed by atoms with van der Waals surface area (Å²) < 4.78 is 7.14. The Morgan fingerprint density at radius 2 is 1.80 bits per heavy atom. The quantitative estimate of drug-likeness (QED) is 0.790. The van der Waals surface area contributed by atoms with E-state index in [1.54, 1.807) is 11.8 Å². The minimum atomic E-state index is -0.784. The molecule has 0 atom stereocenters. The summed E-state index contributed by atoms with van der Waals surface area (Å²) in [6, 6.07) is 6.72. The molecule has 0 spiro atoms. The zero-order valence-corrected chi connectivity index (χ0v) is 16.6. The highest BCUT2D eigenvalue weighted by molar-refractivity contribution is 7.99. The number of carbonyl (C=O) groups is 1. The van der Waals surface area contributed by atoms with Gasteiger partial charge in [-0.1, -0.05) is 31.7 Å². The van der Waals surface area contributed by atoms with Crippen LogP contribution in [0.5, 0.6) is 0 Å². The molecule has 2 aromatic rings. The maximum Gasteiger partial charge on any atom is 0.404 e. The minimum Gasteiger partial charge on any atom is -0.442 e. The molecule has 0 aliphatic heterocycles. The van der Waals surface area contributed by atoms with Crippen LogP contribution in [0.1, 0.15) is 62.3 Å². The second-order valence-electron chi connectivity index (χ2n) is 6.87. The minimum absolute atomic E-state index is 0.0840. The van der Waals surface area contributed by atoms with Crippen LogP contribution in [0.4, 0.5) is 4.79 Å². The average molecular weight is 362 g/mol. The van der Waals surface area contributed by atoms with E-state index in [0.29, 0.717) is 0 Å². The van der Waals surface area contributed by atoms with Crippen molar-refractivity contribution in [3.8, 4) is 0 Å². The highest BCUT2D eigenvalue weighted by atomic mass is 32.2. The molecule has 0 unspecified atom stereocenters. The number of aromatic nitrogens is 2. The summed E-state index contributed by atoms with van der Waals surface area (Å²) in [7, 11) is 0. The third kappa shape index (κ3) is 4.78. The number of nitrogens with two attached hydrogens (primary N) is 1. The summed E-state index contributed by atoms with van der Waals surface area (Å²) in [4.78, 5) is 16.9. The van der Waals surface area contributed by atoms with Crippen molar-refractivity contribution < 1.29 is 9.53 Å². The van der Waals surface area contributed by atoms with Gasteiger partial charge in [0.05, 0.1) is 5.69 Å². The van der Waals surface area contributed by atoms with E-state index in [4.69, 9.17) is 15.5 Å². The molecule has 0 aliphatic rings. The Morgan fingerprint density at radius 3 is 2.28 bits per heavy atom. The molecule has 2 N–H and O–H groups in total. The predicted octanol–water partition coefficient (Wildman–Crippen LogP) is 4.95. The monoisotopic (exact) mass is 361 g/mol.